The van der Waals surface area contributed by atoms with E-state index in [0.29, 0.717) is 24.2 Å². The third-order valence-electron chi connectivity index (χ3n) is 7.77. The summed E-state index contributed by atoms with van der Waals surface area (Å²) >= 11 is 13.0. The standard InChI is InChI=1S/C25H27Cl2NO5/c1-13-24(3,22(29)30)21(16-8-6-9-17(26)20(16)27)25(23(31)32,14(2)28-13)19-12-11-15-7-4-5-10-18(15)33-19/h4-10,13-14,19,21,28H,11-12H2,1-3H3,(H,29,30)(H,31,32). The van der Waals surface area contributed by atoms with E-state index in [-0.39, 0.29) is 10.0 Å². The molecule has 2 aromatic carbocycles. The lowest BCUT2D eigenvalue weighted by molar-refractivity contribution is -0.181. The Morgan fingerprint density at radius 3 is 2.39 bits per heavy atom. The Morgan fingerprint density at radius 1 is 1.03 bits per heavy atom. The Morgan fingerprint density at radius 2 is 1.73 bits per heavy atom. The van der Waals surface area contributed by atoms with Crippen LogP contribution in [0.4, 0.5) is 0 Å². The van der Waals surface area contributed by atoms with Gasteiger partial charge in [0.1, 0.15) is 17.3 Å². The molecule has 0 radical (unpaired) electrons. The van der Waals surface area contributed by atoms with Crippen LogP contribution in [-0.2, 0) is 16.0 Å². The zero-order valence-corrected chi connectivity index (χ0v) is 20.2. The van der Waals surface area contributed by atoms with Gasteiger partial charge in [-0.3, -0.25) is 9.59 Å². The predicted molar refractivity (Wildman–Crippen MR) is 126 cm³/mol. The summed E-state index contributed by atoms with van der Waals surface area (Å²) in [5.41, 5.74) is -1.75. The van der Waals surface area contributed by atoms with Crippen LogP contribution >= 0.6 is 23.2 Å². The minimum Gasteiger partial charge on any atom is -0.489 e. The molecule has 0 bridgehead atoms. The van der Waals surface area contributed by atoms with Gasteiger partial charge < -0.3 is 20.3 Å². The van der Waals surface area contributed by atoms with Crippen molar-refractivity contribution >= 4 is 35.1 Å². The molecule has 0 amide bonds. The van der Waals surface area contributed by atoms with Crippen LogP contribution in [-0.4, -0.2) is 40.3 Å². The molecule has 2 heterocycles. The van der Waals surface area contributed by atoms with Crippen LogP contribution in [0.1, 0.15) is 44.2 Å². The van der Waals surface area contributed by atoms with Crippen LogP contribution in [0.3, 0.4) is 0 Å². The third kappa shape index (κ3) is 3.42. The number of aliphatic carboxylic acids is 2. The van der Waals surface area contributed by atoms with Gasteiger partial charge in [-0.1, -0.05) is 53.5 Å². The highest BCUT2D eigenvalue weighted by Crippen LogP contribution is 2.60. The normalized spacial score (nSPS) is 33.6. The molecule has 3 N–H and O–H groups in total. The van der Waals surface area contributed by atoms with Crippen molar-refractivity contribution in [2.45, 2.75) is 57.7 Å². The first-order chi connectivity index (χ1) is 15.6. The summed E-state index contributed by atoms with van der Waals surface area (Å²) in [5, 5.41) is 25.0. The van der Waals surface area contributed by atoms with Gasteiger partial charge in [-0.25, -0.2) is 0 Å². The summed E-state index contributed by atoms with van der Waals surface area (Å²) in [6, 6.07) is 11.3. The van der Waals surface area contributed by atoms with Crippen molar-refractivity contribution in [1.82, 2.24) is 5.32 Å². The molecular weight excluding hydrogens is 465 g/mol. The topological polar surface area (TPSA) is 95.9 Å². The molecule has 0 saturated carbocycles. The average molecular weight is 492 g/mol. The van der Waals surface area contributed by atoms with Gasteiger partial charge in [0.25, 0.3) is 0 Å². The van der Waals surface area contributed by atoms with Crippen molar-refractivity contribution in [2.75, 3.05) is 0 Å². The highest BCUT2D eigenvalue weighted by atomic mass is 35.5. The van der Waals surface area contributed by atoms with Gasteiger partial charge in [0, 0.05) is 18.0 Å². The average Bonchev–Trinajstić information content (AvgIpc) is 2.77. The Labute approximate surface area is 202 Å². The number of fused-ring (bicyclic) bond motifs is 1. The largest absolute Gasteiger partial charge is 0.489 e. The van der Waals surface area contributed by atoms with Crippen molar-refractivity contribution < 1.29 is 24.5 Å². The van der Waals surface area contributed by atoms with Gasteiger partial charge in [-0.05, 0) is 56.9 Å². The lowest BCUT2D eigenvalue weighted by Crippen LogP contribution is -2.72. The molecule has 8 heteroatoms. The number of hydrogen-bond donors (Lipinski definition) is 3. The fourth-order valence-electron chi connectivity index (χ4n) is 5.89. The maximum absolute atomic E-state index is 13.3. The van der Waals surface area contributed by atoms with Crippen LogP contribution in [0.15, 0.2) is 42.5 Å². The summed E-state index contributed by atoms with van der Waals surface area (Å²) in [7, 11) is 0. The summed E-state index contributed by atoms with van der Waals surface area (Å²) in [5.74, 6) is -2.65. The van der Waals surface area contributed by atoms with E-state index in [2.05, 4.69) is 5.32 Å². The molecule has 0 aliphatic carbocycles. The molecule has 33 heavy (non-hydrogen) atoms. The number of halogens is 2. The van der Waals surface area contributed by atoms with E-state index in [1.807, 2.05) is 24.3 Å². The highest BCUT2D eigenvalue weighted by molar-refractivity contribution is 6.42. The van der Waals surface area contributed by atoms with E-state index in [0.717, 1.165) is 5.56 Å². The summed E-state index contributed by atoms with van der Waals surface area (Å²) in [4.78, 5) is 26.1. The summed E-state index contributed by atoms with van der Waals surface area (Å²) in [6.45, 7) is 5.12. The first-order valence-corrected chi connectivity index (χ1v) is 11.7. The van der Waals surface area contributed by atoms with E-state index in [9.17, 15) is 19.8 Å². The van der Waals surface area contributed by atoms with Crippen LogP contribution < -0.4 is 10.1 Å². The second-order valence-corrected chi connectivity index (χ2v) is 10.1. The molecule has 176 valence electrons. The number of hydrogen-bond acceptors (Lipinski definition) is 4. The Hall–Kier alpha value is -2.28. The Balaban J connectivity index is 2.01. The number of ether oxygens (including phenoxy) is 1. The number of aryl methyl sites for hydroxylation is 1. The SMILES string of the molecule is CC1NC(C)C(C(=O)O)(C2CCc3ccccc3O2)C(c2cccc(Cl)c2Cl)C1(C)C(=O)O. The quantitative estimate of drug-likeness (QED) is 0.555. The van der Waals surface area contributed by atoms with Crippen LogP contribution in [0.2, 0.25) is 10.0 Å². The molecule has 6 atom stereocenters. The minimum absolute atomic E-state index is 0.166. The number of para-hydroxylation sites is 1. The molecule has 0 aromatic heterocycles. The predicted octanol–water partition coefficient (Wildman–Crippen LogP) is 5.01. The van der Waals surface area contributed by atoms with Gasteiger partial charge in [0.05, 0.1) is 15.5 Å². The second-order valence-electron chi connectivity index (χ2n) is 9.27. The molecule has 6 unspecified atom stereocenters. The first-order valence-electron chi connectivity index (χ1n) is 11.0. The van der Waals surface area contributed by atoms with Gasteiger partial charge in [0.15, 0.2) is 0 Å². The lowest BCUT2D eigenvalue weighted by atomic mass is 9.50. The maximum atomic E-state index is 13.3. The number of piperidine rings is 1. The molecule has 2 aromatic rings. The Kier molecular flexibility index (Phi) is 6.14. The van der Waals surface area contributed by atoms with E-state index < -0.39 is 46.9 Å². The second kappa shape index (κ2) is 8.49. The fraction of sp³-hybridized carbons (Fsp3) is 0.440. The van der Waals surface area contributed by atoms with E-state index >= 15 is 0 Å². The van der Waals surface area contributed by atoms with E-state index in [1.54, 1.807) is 39.0 Å². The van der Waals surface area contributed by atoms with Crippen molar-refractivity contribution in [1.29, 1.82) is 0 Å². The molecular formula is C25H27Cl2NO5. The number of nitrogens with one attached hydrogen (secondary N) is 1. The first kappa shape index (κ1) is 23.9. The number of carboxylic acid groups (broad SMARTS) is 2. The van der Waals surface area contributed by atoms with Gasteiger partial charge >= 0.3 is 11.9 Å². The molecule has 1 saturated heterocycles. The van der Waals surface area contributed by atoms with E-state index in [1.165, 1.54) is 0 Å². The lowest BCUT2D eigenvalue weighted by Gasteiger charge is -2.58. The molecule has 0 spiro atoms. The molecule has 4 rings (SSSR count). The number of rotatable bonds is 4. The molecule has 2 aliphatic rings. The smallest absolute Gasteiger partial charge is 0.315 e. The maximum Gasteiger partial charge on any atom is 0.315 e. The summed E-state index contributed by atoms with van der Waals surface area (Å²) in [6.07, 6.45) is 0.255. The van der Waals surface area contributed by atoms with Crippen molar-refractivity contribution in [2.24, 2.45) is 10.8 Å². The van der Waals surface area contributed by atoms with Crippen molar-refractivity contribution in [3.8, 4) is 5.75 Å². The van der Waals surface area contributed by atoms with Gasteiger partial charge in [-0.15, -0.1) is 0 Å². The number of carboxylic acids is 2. The zero-order chi connectivity index (χ0) is 24.1. The van der Waals surface area contributed by atoms with Crippen LogP contribution in [0, 0.1) is 10.8 Å². The number of benzene rings is 2. The summed E-state index contributed by atoms with van der Waals surface area (Å²) < 4.78 is 6.35. The third-order valence-corrected chi connectivity index (χ3v) is 8.60. The van der Waals surface area contributed by atoms with Gasteiger partial charge in [0.2, 0.25) is 0 Å². The highest BCUT2D eigenvalue weighted by Gasteiger charge is 2.69. The van der Waals surface area contributed by atoms with Crippen LogP contribution in [0.25, 0.3) is 0 Å². The molecule has 1 fully saturated rings. The fourth-order valence-corrected chi connectivity index (χ4v) is 6.30. The monoisotopic (exact) mass is 491 g/mol. The van der Waals surface area contributed by atoms with Crippen molar-refractivity contribution in [3.05, 3.63) is 63.6 Å². The zero-order valence-electron chi connectivity index (χ0n) is 18.6. The minimum atomic E-state index is -1.64. The Bertz CT molecular complexity index is 1110. The van der Waals surface area contributed by atoms with Crippen molar-refractivity contribution in [3.63, 3.8) is 0 Å². The van der Waals surface area contributed by atoms with Gasteiger partial charge in [-0.2, -0.15) is 0 Å². The molecule has 2 aliphatic heterocycles. The molecule has 6 nitrogen and oxygen atoms in total. The number of carbonyl (C=O) groups is 2. The van der Waals surface area contributed by atoms with Crippen LogP contribution in [0.5, 0.6) is 5.75 Å². The van der Waals surface area contributed by atoms with E-state index in [4.69, 9.17) is 27.9 Å².